The van der Waals surface area contributed by atoms with Crippen LogP contribution in [0.4, 0.5) is 0 Å². The van der Waals surface area contributed by atoms with E-state index in [1.165, 1.54) is 0 Å². The first kappa shape index (κ1) is 13.5. The average molecular weight is 323 g/mol. The predicted molar refractivity (Wildman–Crippen MR) is 83.4 cm³/mol. The number of ether oxygens (including phenoxy) is 2. The molecule has 0 amide bonds. The predicted octanol–water partition coefficient (Wildman–Crippen LogP) is 1.39. The van der Waals surface area contributed by atoms with Crippen LogP contribution in [0.5, 0.6) is 0 Å². The Labute approximate surface area is 136 Å². The normalized spacial score (nSPS) is 25.5. The summed E-state index contributed by atoms with van der Waals surface area (Å²) in [7, 11) is 0. The number of aliphatic imine (C=N–C) groups is 1. The number of aromatic amines is 1. The number of benzene rings is 1. The standard InChI is InChI=1S/C17H13N3O4/c1-7-9-4-8(2-3-11(9)20-19-7)13-10-5-23-17(22)15(10)18-12-6-24-16(21)14(12)13/h2-4,10,13H,5-6H2,1H3,(H,19,20). The number of carbonyl (C=O) groups is 2. The smallest absolute Gasteiger partial charge is 0.353 e. The number of aryl methyl sites for hydroxylation is 1. The van der Waals surface area contributed by atoms with Crippen molar-refractivity contribution in [2.75, 3.05) is 13.2 Å². The Hall–Kier alpha value is -2.96. The van der Waals surface area contributed by atoms with Crippen molar-refractivity contribution in [2.24, 2.45) is 10.9 Å². The Morgan fingerprint density at radius 2 is 2.08 bits per heavy atom. The fourth-order valence-corrected chi connectivity index (χ4v) is 3.75. The Kier molecular flexibility index (Phi) is 2.54. The molecule has 3 aliphatic rings. The third kappa shape index (κ3) is 1.66. The monoisotopic (exact) mass is 323 g/mol. The fourth-order valence-electron chi connectivity index (χ4n) is 3.75. The Bertz CT molecular complexity index is 985. The molecule has 7 heteroatoms. The molecule has 7 nitrogen and oxygen atoms in total. The maximum atomic E-state index is 12.2. The zero-order valence-corrected chi connectivity index (χ0v) is 12.8. The van der Waals surface area contributed by atoms with Crippen molar-refractivity contribution in [3.8, 4) is 0 Å². The second-order valence-electron chi connectivity index (χ2n) is 6.24. The van der Waals surface area contributed by atoms with Crippen molar-refractivity contribution in [3.63, 3.8) is 0 Å². The molecule has 5 rings (SSSR count). The molecule has 0 radical (unpaired) electrons. The molecule has 24 heavy (non-hydrogen) atoms. The molecule has 120 valence electrons. The molecular formula is C17H13N3O4. The molecule has 2 aromatic rings. The van der Waals surface area contributed by atoms with Crippen LogP contribution in [0.1, 0.15) is 17.2 Å². The molecule has 1 aromatic carbocycles. The summed E-state index contributed by atoms with van der Waals surface area (Å²) >= 11 is 0. The van der Waals surface area contributed by atoms with Crippen LogP contribution in [0.3, 0.4) is 0 Å². The minimum atomic E-state index is -0.406. The fraction of sp³-hybridized carbons (Fsp3) is 0.294. The molecule has 4 heterocycles. The van der Waals surface area contributed by atoms with Gasteiger partial charge in [0.05, 0.1) is 22.7 Å². The maximum Gasteiger partial charge on any atom is 0.353 e. The van der Waals surface area contributed by atoms with E-state index in [2.05, 4.69) is 15.2 Å². The lowest BCUT2D eigenvalue weighted by Gasteiger charge is -2.25. The van der Waals surface area contributed by atoms with Gasteiger partial charge in [-0.1, -0.05) is 6.07 Å². The van der Waals surface area contributed by atoms with Gasteiger partial charge in [-0.3, -0.25) is 5.10 Å². The number of rotatable bonds is 1. The molecule has 0 spiro atoms. The summed E-state index contributed by atoms with van der Waals surface area (Å²) < 4.78 is 10.3. The van der Waals surface area contributed by atoms with Gasteiger partial charge in [0.2, 0.25) is 0 Å². The van der Waals surface area contributed by atoms with E-state index in [4.69, 9.17) is 9.47 Å². The summed E-state index contributed by atoms with van der Waals surface area (Å²) in [6, 6.07) is 5.87. The lowest BCUT2D eigenvalue weighted by Crippen LogP contribution is -2.29. The number of hydrogen-bond acceptors (Lipinski definition) is 6. The van der Waals surface area contributed by atoms with E-state index in [0.29, 0.717) is 17.0 Å². The van der Waals surface area contributed by atoms with Gasteiger partial charge in [0.1, 0.15) is 18.9 Å². The summed E-state index contributed by atoms with van der Waals surface area (Å²) in [5.41, 5.74) is 4.23. The molecule has 1 N–H and O–H groups in total. The summed E-state index contributed by atoms with van der Waals surface area (Å²) in [5, 5.41) is 8.19. The van der Waals surface area contributed by atoms with Gasteiger partial charge in [-0.25, -0.2) is 14.6 Å². The van der Waals surface area contributed by atoms with Gasteiger partial charge in [0.25, 0.3) is 0 Å². The third-order valence-electron chi connectivity index (χ3n) is 4.92. The van der Waals surface area contributed by atoms with Crippen molar-refractivity contribution in [2.45, 2.75) is 12.8 Å². The van der Waals surface area contributed by atoms with Crippen LogP contribution in [0.15, 0.2) is 34.5 Å². The number of nitrogens with one attached hydrogen (secondary N) is 1. The first-order chi connectivity index (χ1) is 11.6. The van der Waals surface area contributed by atoms with E-state index >= 15 is 0 Å². The highest BCUT2D eigenvalue weighted by Crippen LogP contribution is 2.44. The van der Waals surface area contributed by atoms with Gasteiger partial charge in [-0.15, -0.1) is 0 Å². The van der Waals surface area contributed by atoms with Crippen LogP contribution in [0.2, 0.25) is 0 Å². The van der Waals surface area contributed by atoms with E-state index < -0.39 is 5.97 Å². The number of hydrogen-bond donors (Lipinski definition) is 1. The summed E-state index contributed by atoms with van der Waals surface area (Å²) in [6.07, 6.45) is 0. The minimum Gasteiger partial charge on any atom is -0.460 e. The van der Waals surface area contributed by atoms with E-state index in [0.717, 1.165) is 22.2 Å². The number of nitrogens with zero attached hydrogens (tertiary/aromatic N) is 2. The first-order valence-electron chi connectivity index (χ1n) is 7.74. The molecule has 0 saturated carbocycles. The van der Waals surface area contributed by atoms with E-state index in [1.54, 1.807) is 0 Å². The third-order valence-corrected chi connectivity index (χ3v) is 4.92. The highest BCUT2D eigenvalue weighted by atomic mass is 16.5. The average Bonchev–Trinajstić information content (AvgIpc) is 3.25. The molecule has 2 unspecified atom stereocenters. The molecule has 1 saturated heterocycles. The number of esters is 2. The molecule has 1 aromatic heterocycles. The van der Waals surface area contributed by atoms with Crippen LogP contribution < -0.4 is 0 Å². The van der Waals surface area contributed by atoms with Crippen molar-refractivity contribution in [1.82, 2.24) is 10.2 Å². The number of cyclic esters (lactones) is 2. The van der Waals surface area contributed by atoms with E-state index in [1.807, 2.05) is 25.1 Å². The lowest BCUT2D eigenvalue weighted by molar-refractivity contribution is -0.136. The van der Waals surface area contributed by atoms with Gasteiger partial charge < -0.3 is 9.47 Å². The second-order valence-corrected chi connectivity index (χ2v) is 6.24. The van der Waals surface area contributed by atoms with Crippen LogP contribution >= 0.6 is 0 Å². The second kappa shape index (κ2) is 4.53. The SMILES string of the molecule is Cc1[nH]nc2ccc(C3C4=C(COC4=O)N=C4C(=O)OCC43)cc12. The van der Waals surface area contributed by atoms with Crippen LogP contribution in [0, 0.1) is 12.8 Å². The van der Waals surface area contributed by atoms with Crippen molar-refractivity contribution < 1.29 is 19.1 Å². The van der Waals surface area contributed by atoms with Gasteiger partial charge >= 0.3 is 11.9 Å². The molecular weight excluding hydrogens is 310 g/mol. The lowest BCUT2D eigenvalue weighted by atomic mass is 9.76. The quantitative estimate of drug-likeness (QED) is 0.801. The highest BCUT2D eigenvalue weighted by Gasteiger charge is 2.48. The van der Waals surface area contributed by atoms with Crippen molar-refractivity contribution >= 4 is 28.6 Å². The molecule has 3 aliphatic heterocycles. The largest absolute Gasteiger partial charge is 0.460 e. The summed E-state index contributed by atoms with van der Waals surface area (Å²) in [6.45, 7) is 2.29. The minimum absolute atomic E-state index is 0.112. The summed E-state index contributed by atoms with van der Waals surface area (Å²) in [5.74, 6) is -1.31. The van der Waals surface area contributed by atoms with E-state index in [9.17, 15) is 9.59 Å². The number of carbonyl (C=O) groups excluding carboxylic acids is 2. The first-order valence-corrected chi connectivity index (χ1v) is 7.74. The van der Waals surface area contributed by atoms with Crippen LogP contribution in [-0.4, -0.2) is 41.1 Å². The van der Waals surface area contributed by atoms with Crippen molar-refractivity contribution in [1.29, 1.82) is 0 Å². The van der Waals surface area contributed by atoms with Crippen LogP contribution in [0.25, 0.3) is 10.9 Å². The highest BCUT2D eigenvalue weighted by molar-refractivity contribution is 6.40. The van der Waals surface area contributed by atoms with Gasteiger partial charge in [0, 0.05) is 17.0 Å². The zero-order valence-electron chi connectivity index (χ0n) is 12.8. The van der Waals surface area contributed by atoms with Gasteiger partial charge in [-0.2, -0.15) is 5.10 Å². The number of fused-ring (bicyclic) bond motifs is 2. The van der Waals surface area contributed by atoms with Crippen molar-refractivity contribution in [3.05, 3.63) is 40.7 Å². The van der Waals surface area contributed by atoms with E-state index in [-0.39, 0.29) is 31.0 Å². The zero-order chi connectivity index (χ0) is 16.4. The van der Waals surface area contributed by atoms with Crippen LogP contribution in [-0.2, 0) is 19.1 Å². The van der Waals surface area contributed by atoms with Gasteiger partial charge in [0.15, 0.2) is 0 Å². The number of H-pyrrole nitrogens is 1. The van der Waals surface area contributed by atoms with Gasteiger partial charge in [-0.05, 0) is 24.6 Å². The number of aromatic nitrogens is 2. The summed E-state index contributed by atoms with van der Waals surface area (Å²) in [4.78, 5) is 28.6. The molecule has 2 atom stereocenters. The Balaban J connectivity index is 1.72. The molecule has 1 fully saturated rings. The molecule has 0 aliphatic carbocycles. The maximum absolute atomic E-state index is 12.2. The topological polar surface area (TPSA) is 93.6 Å². The Morgan fingerprint density at radius 3 is 2.96 bits per heavy atom. The molecule has 0 bridgehead atoms. The Morgan fingerprint density at radius 1 is 1.21 bits per heavy atom.